The maximum absolute atomic E-state index is 12.9. The van der Waals surface area contributed by atoms with Gasteiger partial charge in [0, 0.05) is 29.4 Å². The van der Waals surface area contributed by atoms with Gasteiger partial charge >= 0.3 is 10.3 Å². The summed E-state index contributed by atoms with van der Waals surface area (Å²) in [6, 6.07) is 9.95. The van der Waals surface area contributed by atoms with E-state index >= 15 is 0 Å². The highest BCUT2D eigenvalue weighted by Gasteiger charge is 2.29. The zero-order valence-electron chi connectivity index (χ0n) is 20.0. The molecule has 9 nitrogen and oxygen atoms in total. The molecule has 3 aromatic rings. The van der Waals surface area contributed by atoms with Gasteiger partial charge in [0.2, 0.25) is 0 Å². The Balaban J connectivity index is 2.06. The lowest BCUT2D eigenvalue weighted by Gasteiger charge is -2.28. The van der Waals surface area contributed by atoms with Crippen molar-refractivity contribution in [3.8, 4) is 17.0 Å². The first kappa shape index (κ1) is 24.4. The molecule has 0 amide bonds. The SMILES string of the molecule is CN(c1ccc(N)cc1)S(=O)(=O)On1nncc1-c1cc(C(C)(C)C)c(O)c(C(C)(C)C)c1. The molecule has 1 aromatic heterocycles. The predicted molar refractivity (Wildman–Crippen MR) is 129 cm³/mol. The predicted octanol–water partition coefficient (Wildman–Crippen LogP) is 3.64. The van der Waals surface area contributed by atoms with E-state index in [-0.39, 0.29) is 16.6 Å². The van der Waals surface area contributed by atoms with Gasteiger partial charge in [-0.3, -0.25) is 4.28 Å². The zero-order valence-corrected chi connectivity index (χ0v) is 20.8. The number of benzene rings is 2. The van der Waals surface area contributed by atoms with Crippen molar-refractivity contribution in [2.24, 2.45) is 0 Å². The van der Waals surface area contributed by atoms with E-state index in [4.69, 9.17) is 10.0 Å². The van der Waals surface area contributed by atoms with Gasteiger partial charge in [0.05, 0.1) is 11.9 Å². The number of phenols is 1. The molecule has 178 valence electrons. The van der Waals surface area contributed by atoms with E-state index < -0.39 is 10.3 Å². The zero-order chi connectivity index (χ0) is 24.8. The Morgan fingerprint density at radius 1 is 1.00 bits per heavy atom. The number of aromatic nitrogens is 3. The Morgan fingerprint density at radius 2 is 1.52 bits per heavy atom. The van der Waals surface area contributed by atoms with Gasteiger partial charge < -0.3 is 10.8 Å². The molecule has 0 fully saturated rings. The smallest absolute Gasteiger partial charge is 0.429 e. The minimum atomic E-state index is -4.26. The topological polar surface area (TPSA) is 124 Å². The number of anilines is 2. The van der Waals surface area contributed by atoms with Crippen LogP contribution in [0.3, 0.4) is 0 Å². The summed E-state index contributed by atoms with van der Waals surface area (Å²) >= 11 is 0. The normalized spacial score (nSPS) is 12.6. The maximum Gasteiger partial charge on any atom is 0.429 e. The summed E-state index contributed by atoms with van der Waals surface area (Å²) in [6.07, 6.45) is 1.42. The summed E-state index contributed by atoms with van der Waals surface area (Å²) < 4.78 is 32.1. The van der Waals surface area contributed by atoms with Crippen molar-refractivity contribution < 1.29 is 17.8 Å². The van der Waals surface area contributed by atoms with Crippen LogP contribution in [0.5, 0.6) is 5.75 Å². The number of nitrogens with zero attached hydrogens (tertiary/aromatic N) is 4. The fraction of sp³-hybridized carbons (Fsp3) is 0.391. The average Bonchev–Trinajstić information content (AvgIpc) is 3.13. The van der Waals surface area contributed by atoms with Crippen LogP contribution in [0.15, 0.2) is 42.6 Å². The Labute approximate surface area is 195 Å². The number of nitrogen functional groups attached to an aromatic ring is 1. The van der Waals surface area contributed by atoms with E-state index in [1.807, 2.05) is 41.5 Å². The minimum absolute atomic E-state index is 0.217. The van der Waals surface area contributed by atoms with E-state index in [0.29, 0.717) is 22.6 Å². The van der Waals surface area contributed by atoms with Crippen LogP contribution in [0.25, 0.3) is 11.3 Å². The molecule has 1 heterocycles. The van der Waals surface area contributed by atoms with Gasteiger partial charge in [-0.2, -0.15) is 8.42 Å². The first-order valence-corrected chi connectivity index (χ1v) is 11.8. The van der Waals surface area contributed by atoms with Crippen molar-refractivity contribution in [1.29, 1.82) is 0 Å². The fourth-order valence-corrected chi connectivity index (χ4v) is 4.11. The monoisotopic (exact) mass is 473 g/mol. The summed E-state index contributed by atoms with van der Waals surface area (Å²) in [5.41, 5.74) is 8.26. The molecule has 0 bridgehead atoms. The van der Waals surface area contributed by atoms with Gasteiger partial charge in [-0.15, -0.1) is 5.10 Å². The summed E-state index contributed by atoms with van der Waals surface area (Å²) in [7, 11) is -2.89. The number of nitrogens with two attached hydrogens (primary N) is 1. The molecule has 0 saturated carbocycles. The van der Waals surface area contributed by atoms with Crippen LogP contribution in [0.1, 0.15) is 52.7 Å². The van der Waals surface area contributed by atoms with E-state index in [9.17, 15) is 13.5 Å². The Hall–Kier alpha value is -3.27. The highest BCUT2D eigenvalue weighted by Crippen LogP contribution is 2.41. The molecule has 33 heavy (non-hydrogen) atoms. The average molecular weight is 474 g/mol. The Bertz CT molecular complexity index is 1220. The highest BCUT2D eigenvalue weighted by atomic mass is 32.2. The third-order valence-electron chi connectivity index (χ3n) is 5.30. The molecule has 0 aliphatic heterocycles. The lowest BCUT2D eigenvalue weighted by Crippen LogP contribution is -2.36. The quantitative estimate of drug-likeness (QED) is 0.542. The van der Waals surface area contributed by atoms with E-state index in [2.05, 4.69) is 10.3 Å². The van der Waals surface area contributed by atoms with E-state index in [0.717, 1.165) is 20.3 Å². The molecule has 0 saturated heterocycles. The first-order valence-electron chi connectivity index (χ1n) is 10.4. The maximum atomic E-state index is 12.9. The standard InChI is InChI=1S/C23H31N5O4S/c1-22(2,3)18-12-15(13-19(21(18)29)23(4,5)6)20-14-25-26-28(20)32-33(30,31)27(7)17-10-8-16(24)9-11-17/h8-14,29H,24H2,1-7H3. The number of hydrogen-bond acceptors (Lipinski definition) is 7. The van der Waals surface area contributed by atoms with Crippen molar-refractivity contribution in [3.63, 3.8) is 0 Å². The van der Waals surface area contributed by atoms with E-state index in [1.54, 1.807) is 36.4 Å². The molecule has 0 unspecified atom stereocenters. The number of aromatic hydroxyl groups is 1. The second-order valence-electron chi connectivity index (χ2n) is 10.0. The molecule has 0 aliphatic carbocycles. The van der Waals surface area contributed by atoms with Gasteiger partial charge in [-0.1, -0.05) is 46.4 Å². The molecule has 2 aromatic carbocycles. The van der Waals surface area contributed by atoms with Crippen molar-refractivity contribution >= 4 is 21.7 Å². The van der Waals surface area contributed by atoms with Crippen molar-refractivity contribution in [2.75, 3.05) is 17.1 Å². The lowest BCUT2D eigenvalue weighted by molar-refractivity contribution is 0.236. The van der Waals surface area contributed by atoms with Crippen molar-refractivity contribution in [2.45, 2.75) is 52.4 Å². The Morgan fingerprint density at radius 3 is 2.00 bits per heavy atom. The van der Waals surface area contributed by atoms with Gasteiger partial charge in [0.15, 0.2) is 0 Å². The van der Waals surface area contributed by atoms with Gasteiger partial charge in [0.1, 0.15) is 11.4 Å². The number of phenolic OH excluding ortho intramolecular Hbond substituents is 1. The largest absolute Gasteiger partial charge is 0.507 e. The molecule has 10 heteroatoms. The molecule has 0 spiro atoms. The van der Waals surface area contributed by atoms with Gasteiger partial charge in [0.25, 0.3) is 0 Å². The van der Waals surface area contributed by atoms with Gasteiger partial charge in [-0.05, 0) is 52.4 Å². The van der Waals surface area contributed by atoms with Crippen molar-refractivity contribution in [3.05, 3.63) is 53.7 Å². The van der Waals surface area contributed by atoms with Crippen LogP contribution >= 0.6 is 0 Å². The third kappa shape index (κ3) is 5.05. The summed E-state index contributed by atoms with van der Waals surface area (Å²) in [4.78, 5) is 0.869. The van der Waals surface area contributed by atoms with Gasteiger partial charge in [-0.25, -0.2) is 4.31 Å². The fourth-order valence-electron chi connectivity index (χ4n) is 3.34. The molecule has 0 atom stereocenters. The second kappa shape index (κ2) is 8.26. The van der Waals surface area contributed by atoms with Crippen LogP contribution in [-0.2, 0) is 21.1 Å². The molecular weight excluding hydrogens is 442 g/mol. The first-order chi connectivity index (χ1) is 15.1. The number of hydrogen-bond donors (Lipinski definition) is 2. The van der Waals surface area contributed by atoms with Crippen molar-refractivity contribution in [1.82, 2.24) is 15.2 Å². The van der Waals surface area contributed by atoms with Crippen LogP contribution in [0.2, 0.25) is 0 Å². The molecule has 3 N–H and O–H groups in total. The van der Waals surface area contributed by atoms with Crippen LogP contribution in [0, 0.1) is 0 Å². The molecular formula is C23H31N5O4S. The minimum Gasteiger partial charge on any atom is -0.507 e. The van der Waals surface area contributed by atoms with Crippen LogP contribution in [-0.4, -0.2) is 35.7 Å². The lowest BCUT2D eigenvalue weighted by atomic mass is 9.78. The van der Waals surface area contributed by atoms with E-state index in [1.165, 1.54) is 13.2 Å². The summed E-state index contributed by atoms with van der Waals surface area (Å²) in [5.74, 6) is 0.217. The van der Waals surface area contributed by atoms with Crippen LogP contribution in [0.4, 0.5) is 11.4 Å². The third-order valence-corrected chi connectivity index (χ3v) is 6.51. The molecule has 0 aliphatic rings. The molecule has 0 radical (unpaired) electrons. The number of rotatable bonds is 5. The summed E-state index contributed by atoms with van der Waals surface area (Å²) in [5, 5.41) is 18.7. The second-order valence-corrected chi connectivity index (χ2v) is 11.6. The summed E-state index contributed by atoms with van der Waals surface area (Å²) in [6.45, 7) is 12.0. The Kier molecular flexibility index (Phi) is 6.10. The van der Waals surface area contributed by atoms with Crippen LogP contribution < -0.4 is 14.3 Å². The molecule has 3 rings (SSSR count). The highest BCUT2D eigenvalue weighted by molar-refractivity contribution is 7.88.